The van der Waals surface area contributed by atoms with Crippen molar-refractivity contribution in [3.8, 4) is 0 Å². The molecular weight excluding hydrogens is 276 g/mol. The number of rotatable bonds is 2. The van der Waals surface area contributed by atoms with Crippen LogP contribution in [0.4, 0.5) is 0 Å². The highest BCUT2D eigenvalue weighted by atomic mass is 16.6. The van der Waals surface area contributed by atoms with Gasteiger partial charge in [-0.2, -0.15) is 0 Å². The molecule has 22 heavy (non-hydrogen) atoms. The molecule has 0 spiro atoms. The smallest absolute Gasteiger partial charge is 0.235 e. The molecular formula is C18H24N2O2. The van der Waals surface area contributed by atoms with E-state index in [1.165, 1.54) is 5.56 Å². The van der Waals surface area contributed by atoms with Gasteiger partial charge in [0.2, 0.25) is 5.91 Å². The van der Waals surface area contributed by atoms with E-state index in [2.05, 4.69) is 38.1 Å². The second-order valence-electron chi connectivity index (χ2n) is 6.57. The number of carbonyl (C=O) groups excluding carboxylic acids is 1. The maximum absolute atomic E-state index is 12.9. The fourth-order valence-corrected chi connectivity index (χ4v) is 3.72. The quantitative estimate of drug-likeness (QED) is 0.842. The van der Waals surface area contributed by atoms with Crippen LogP contribution < -0.4 is 0 Å². The topological polar surface area (TPSA) is 41.9 Å². The van der Waals surface area contributed by atoms with Crippen molar-refractivity contribution < 1.29 is 9.63 Å². The van der Waals surface area contributed by atoms with E-state index in [-0.39, 0.29) is 17.9 Å². The summed E-state index contributed by atoms with van der Waals surface area (Å²) in [5.74, 6) is -0.112. The highest BCUT2D eigenvalue weighted by Crippen LogP contribution is 2.30. The standard InChI is InChI=1S/C18H24N2O2/c1-11-9-12(2)15(13(3)10-11)17-16(14(4)22-19-17)18(21)20-7-5-6-8-20/h9-10,14,16H,5-8H2,1-4H3/t14-,16-/m0/s1. The third-order valence-electron chi connectivity index (χ3n) is 4.70. The number of oxime groups is 1. The molecule has 2 aliphatic heterocycles. The third-order valence-corrected chi connectivity index (χ3v) is 4.70. The summed E-state index contributed by atoms with van der Waals surface area (Å²) in [5.41, 5.74) is 5.43. The second-order valence-corrected chi connectivity index (χ2v) is 6.57. The lowest BCUT2D eigenvalue weighted by Gasteiger charge is -2.23. The van der Waals surface area contributed by atoms with Crippen molar-refractivity contribution in [3.05, 3.63) is 34.4 Å². The summed E-state index contributed by atoms with van der Waals surface area (Å²) < 4.78 is 0. The van der Waals surface area contributed by atoms with Gasteiger partial charge in [-0.1, -0.05) is 22.9 Å². The molecule has 0 bridgehead atoms. The zero-order valence-electron chi connectivity index (χ0n) is 13.8. The van der Waals surface area contributed by atoms with Crippen molar-refractivity contribution >= 4 is 11.6 Å². The first-order valence-corrected chi connectivity index (χ1v) is 8.09. The van der Waals surface area contributed by atoms with Gasteiger partial charge in [-0.05, 0) is 51.7 Å². The Bertz CT molecular complexity index is 607. The lowest BCUT2D eigenvalue weighted by molar-refractivity contribution is -0.134. The molecule has 0 N–H and O–H groups in total. The third kappa shape index (κ3) is 2.51. The van der Waals surface area contributed by atoms with E-state index in [0.29, 0.717) is 0 Å². The predicted molar refractivity (Wildman–Crippen MR) is 87.0 cm³/mol. The number of nitrogens with zero attached hydrogens (tertiary/aromatic N) is 2. The van der Waals surface area contributed by atoms with Gasteiger partial charge in [-0.15, -0.1) is 0 Å². The van der Waals surface area contributed by atoms with Gasteiger partial charge in [0, 0.05) is 18.7 Å². The molecule has 0 aromatic heterocycles. The summed E-state index contributed by atoms with van der Waals surface area (Å²) in [7, 11) is 0. The minimum Gasteiger partial charge on any atom is -0.391 e. The zero-order chi connectivity index (χ0) is 15.9. The highest BCUT2D eigenvalue weighted by Gasteiger charge is 2.41. The zero-order valence-corrected chi connectivity index (χ0v) is 13.8. The van der Waals surface area contributed by atoms with E-state index >= 15 is 0 Å². The fourth-order valence-electron chi connectivity index (χ4n) is 3.72. The minimum atomic E-state index is -0.279. The summed E-state index contributed by atoms with van der Waals surface area (Å²) in [6, 6.07) is 4.29. The summed E-state index contributed by atoms with van der Waals surface area (Å²) in [6.45, 7) is 9.92. The molecule has 0 radical (unpaired) electrons. The largest absolute Gasteiger partial charge is 0.391 e. The van der Waals surface area contributed by atoms with Crippen molar-refractivity contribution in [1.29, 1.82) is 0 Å². The average Bonchev–Trinajstić information content (AvgIpc) is 3.07. The fraction of sp³-hybridized carbons (Fsp3) is 0.556. The molecule has 1 amide bonds. The van der Waals surface area contributed by atoms with E-state index < -0.39 is 0 Å². The molecule has 1 aromatic carbocycles. The number of hydrogen-bond acceptors (Lipinski definition) is 3. The Labute approximate surface area is 132 Å². The van der Waals surface area contributed by atoms with E-state index in [1.54, 1.807) is 0 Å². The van der Waals surface area contributed by atoms with Crippen molar-refractivity contribution in [2.24, 2.45) is 11.1 Å². The number of benzene rings is 1. The molecule has 0 unspecified atom stereocenters. The van der Waals surface area contributed by atoms with Crippen LogP contribution in [0.1, 0.15) is 42.0 Å². The van der Waals surface area contributed by atoms with Crippen LogP contribution in [0, 0.1) is 26.7 Å². The monoisotopic (exact) mass is 300 g/mol. The summed E-state index contributed by atoms with van der Waals surface area (Å²) in [4.78, 5) is 20.4. The maximum Gasteiger partial charge on any atom is 0.235 e. The lowest BCUT2D eigenvalue weighted by Crippen LogP contribution is -2.41. The molecule has 1 fully saturated rings. The van der Waals surface area contributed by atoms with Crippen LogP contribution in [-0.4, -0.2) is 35.7 Å². The molecule has 4 nitrogen and oxygen atoms in total. The van der Waals surface area contributed by atoms with Crippen molar-refractivity contribution in [3.63, 3.8) is 0 Å². The predicted octanol–water partition coefficient (Wildman–Crippen LogP) is 2.97. The van der Waals surface area contributed by atoms with Crippen molar-refractivity contribution in [2.45, 2.75) is 46.6 Å². The Hall–Kier alpha value is -1.84. The number of likely N-dealkylation sites (tertiary alicyclic amines) is 1. The molecule has 1 aromatic rings. The highest BCUT2D eigenvalue weighted by molar-refractivity contribution is 6.15. The van der Waals surface area contributed by atoms with Crippen LogP contribution in [0.2, 0.25) is 0 Å². The Morgan fingerprint density at radius 2 is 1.77 bits per heavy atom. The van der Waals surface area contributed by atoms with Gasteiger partial charge < -0.3 is 9.74 Å². The van der Waals surface area contributed by atoms with E-state index in [9.17, 15) is 4.79 Å². The van der Waals surface area contributed by atoms with E-state index in [0.717, 1.165) is 48.3 Å². The lowest BCUT2D eigenvalue weighted by atomic mass is 9.86. The van der Waals surface area contributed by atoms with Crippen LogP contribution in [0.15, 0.2) is 17.3 Å². The molecule has 0 aliphatic carbocycles. The second kappa shape index (κ2) is 5.75. The Balaban J connectivity index is 1.97. The maximum atomic E-state index is 12.9. The molecule has 0 saturated carbocycles. The normalized spacial score (nSPS) is 24.4. The summed E-state index contributed by atoms with van der Waals surface area (Å²) in [5, 5.41) is 4.28. The average molecular weight is 300 g/mol. The molecule has 2 atom stereocenters. The molecule has 4 heteroatoms. The van der Waals surface area contributed by atoms with Gasteiger partial charge in [0.05, 0.1) is 0 Å². The Kier molecular flexibility index (Phi) is 3.94. The molecule has 3 rings (SSSR count). The van der Waals surface area contributed by atoms with E-state index in [4.69, 9.17) is 4.84 Å². The number of carbonyl (C=O) groups is 1. The van der Waals surface area contributed by atoms with Crippen LogP contribution in [0.3, 0.4) is 0 Å². The van der Waals surface area contributed by atoms with Crippen LogP contribution in [0.25, 0.3) is 0 Å². The van der Waals surface area contributed by atoms with Crippen LogP contribution >= 0.6 is 0 Å². The number of hydrogen-bond donors (Lipinski definition) is 0. The van der Waals surface area contributed by atoms with Gasteiger partial charge in [-0.3, -0.25) is 4.79 Å². The van der Waals surface area contributed by atoms with Gasteiger partial charge in [0.15, 0.2) is 0 Å². The van der Waals surface area contributed by atoms with Crippen LogP contribution in [-0.2, 0) is 9.63 Å². The van der Waals surface area contributed by atoms with Gasteiger partial charge >= 0.3 is 0 Å². The van der Waals surface area contributed by atoms with Crippen LogP contribution in [0.5, 0.6) is 0 Å². The van der Waals surface area contributed by atoms with E-state index in [1.807, 2.05) is 11.8 Å². The van der Waals surface area contributed by atoms with Gasteiger partial charge in [-0.25, -0.2) is 0 Å². The van der Waals surface area contributed by atoms with Gasteiger partial charge in [0.25, 0.3) is 0 Å². The Morgan fingerprint density at radius 3 is 2.36 bits per heavy atom. The Morgan fingerprint density at radius 1 is 1.18 bits per heavy atom. The number of aryl methyl sites for hydroxylation is 3. The summed E-state index contributed by atoms with van der Waals surface area (Å²) >= 11 is 0. The molecule has 2 heterocycles. The minimum absolute atomic E-state index is 0.167. The molecule has 2 aliphatic rings. The SMILES string of the molecule is Cc1cc(C)c(C2=NO[C@@H](C)[C@@H]2C(=O)N2CCCC2)c(C)c1. The molecule has 1 saturated heterocycles. The first-order chi connectivity index (χ1) is 10.5. The number of amides is 1. The summed E-state index contributed by atoms with van der Waals surface area (Å²) in [6.07, 6.45) is 2.01. The van der Waals surface area contributed by atoms with Crippen molar-refractivity contribution in [1.82, 2.24) is 4.90 Å². The van der Waals surface area contributed by atoms with Gasteiger partial charge in [0.1, 0.15) is 17.7 Å². The first-order valence-electron chi connectivity index (χ1n) is 8.09. The first kappa shape index (κ1) is 15.1. The molecule has 118 valence electrons. The van der Waals surface area contributed by atoms with Crippen molar-refractivity contribution in [2.75, 3.05) is 13.1 Å².